The molecule has 112 valence electrons. The lowest BCUT2D eigenvalue weighted by molar-refractivity contribution is 0.0802. The monoisotopic (exact) mass is 289 g/mol. The van der Waals surface area contributed by atoms with Crippen LogP contribution in [0.1, 0.15) is 16.1 Å². The van der Waals surface area contributed by atoms with Crippen LogP contribution in [0.3, 0.4) is 0 Å². The van der Waals surface area contributed by atoms with Gasteiger partial charge in [0.2, 0.25) is 0 Å². The minimum Gasteiger partial charge on any atom is -0.394 e. The zero-order valence-corrected chi connectivity index (χ0v) is 12.1. The second-order valence-electron chi connectivity index (χ2n) is 4.93. The molecule has 2 rings (SSSR count). The maximum Gasteiger partial charge on any atom is 0.251 e. The van der Waals surface area contributed by atoms with Crippen LogP contribution in [-0.2, 0) is 7.05 Å². The standard InChI is InChI=1S/C15H19N3O3/c1-10-14(8-18(2)17-10)11-4-3-5-12(6-11)15(21)16-7-13(20)9-19/h3-6,8,13,19-20H,7,9H2,1-2H3,(H,16,21)/t13-/m0/s1. The van der Waals surface area contributed by atoms with Crippen LogP contribution < -0.4 is 5.32 Å². The first-order valence-corrected chi connectivity index (χ1v) is 6.69. The fourth-order valence-electron chi connectivity index (χ4n) is 2.09. The van der Waals surface area contributed by atoms with Crippen molar-refractivity contribution in [3.63, 3.8) is 0 Å². The zero-order chi connectivity index (χ0) is 15.4. The van der Waals surface area contributed by atoms with E-state index in [1.165, 1.54) is 0 Å². The highest BCUT2D eigenvalue weighted by Crippen LogP contribution is 2.23. The van der Waals surface area contributed by atoms with E-state index < -0.39 is 6.10 Å². The molecule has 0 fully saturated rings. The van der Waals surface area contributed by atoms with Crippen molar-refractivity contribution in [2.24, 2.45) is 7.05 Å². The summed E-state index contributed by atoms with van der Waals surface area (Å²) >= 11 is 0. The summed E-state index contributed by atoms with van der Waals surface area (Å²) in [4.78, 5) is 12.0. The average Bonchev–Trinajstić information content (AvgIpc) is 2.83. The van der Waals surface area contributed by atoms with Crippen LogP contribution in [0, 0.1) is 6.92 Å². The number of carbonyl (C=O) groups is 1. The smallest absolute Gasteiger partial charge is 0.251 e. The Kier molecular flexibility index (Phi) is 4.72. The number of aromatic nitrogens is 2. The second kappa shape index (κ2) is 6.51. The molecule has 2 aromatic rings. The molecule has 1 heterocycles. The van der Waals surface area contributed by atoms with Crippen molar-refractivity contribution >= 4 is 5.91 Å². The molecule has 0 saturated carbocycles. The van der Waals surface area contributed by atoms with E-state index >= 15 is 0 Å². The quantitative estimate of drug-likeness (QED) is 0.747. The molecule has 6 heteroatoms. The maximum absolute atomic E-state index is 12.0. The number of rotatable bonds is 5. The SMILES string of the molecule is Cc1nn(C)cc1-c1cccc(C(=O)NC[C@H](O)CO)c1. The van der Waals surface area contributed by atoms with Gasteiger partial charge in [0.25, 0.3) is 5.91 Å². The molecule has 1 amide bonds. The zero-order valence-electron chi connectivity index (χ0n) is 12.1. The van der Waals surface area contributed by atoms with E-state index in [1.54, 1.807) is 22.9 Å². The lowest BCUT2D eigenvalue weighted by atomic mass is 10.0. The fraction of sp³-hybridized carbons (Fsp3) is 0.333. The van der Waals surface area contributed by atoms with Crippen LogP contribution in [0.2, 0.25) is 0 Å². The molecule has 1 aromatic carbocycles. The second-order valence-corrected chi connectivity index (χ2v) is 4.93. The predicted molar refractivity (Wildman–Crippen MR) is 78.8 cm³/mol. The maximum atomic E-state index is 12.0. The van der Waals surface area contributed by atoms with Gasteiger partial charge in [0.1, 0.15) is 0 Å². The Labute approximate surface area is 123 Å². The van der Waals surface area contributed by atoms with Crippen molar-refractivity contribution in [2.75, 3.05) is 13.2 Å². The molecule has 3 N–H and O–H groups in total. The number of nitrogens with zero attached hydrogens (tertiary/aromatic N) is 2. The van der Waals surface area contributed by atoms with E-state index in [1.807, 2.05) is 26.2 Å². The van der Waals surface area contributed by atoms with Gasteiger partial charge in [-0.3, -0.25) is 9.48 Å². The molecule has 0 aliphatic carbocycles. The number of aliphatic hydroxyl groups excluding tert-OH is 2. The number of aliphatic hydroxyl groups is 2. The summed E-state index contributed by atoms with van der Waals surface area (Å²) in [5, 5.41) is 24.8. The third-order valence-electron chi connectivity index (χ3n) is 3.16. The Morgan fingerprint density at radius 3 is 2.86 bits per heavy atom. The molecular formula is C15H19N3O3. The van der Waals surface area contributed by atoms with Crippen molar-refractivity contribution in [1.82, 2.24) is 15.1 Å². The third-order valence-corrected chi connectivity index (χ3v) is 3.16. The molecule has 0 radical (unpaired) electrons. The van der Waals surface area contributed by atoms with Crippen molar-refractivity contribution in [3.05, 3.63) is 41.7 Å². The van der Waals surface area contributed by atoms with Gasteiger partial charge in [-0.1, -0.05) is 12.1 Å². The van der Waals surface area contributed by atoms with Crippen LogP contribution in [0.4, 0.5) is 0 Å². The van der Waals surface area contributed by atoms with Gasteiger partial charge in [-0.25, -0.2) is 0 Å². The van der Waals surface area contributed by atoms with E-state index in [0.29, 0.717) is 5.56 Å². The Bertz CT molecular complexity index is 637. The largest absolute Gasteiger partial charge is 0.394 e. The lowest BCUT2D eigenvalue weighted by Crippen LogP contribution is -2.33. The van der Waals surface area contributed by atoms with Gasteiger partial charge in [-0.05, 0) is 24.6 Å². The molecule has 0 bridgehead atoms. The minimum atomic E-state index is -0.947. The molecule has 1 aromatic heterocycles. The summed E-state index contributed by atoms with van der Waals surface area (Å²) in [5.74, 6) is -0.286. The highest BCUT2D eigenvalue weighted by atomic mass is 16.3. The van der Waals surface area contributed by atoms with Crippen LogP contribution >= 0.6 is 0 Å². The van der Waals surface area contributed by atoms with Gasteiger partial charge in [0.05, 0.1) is 18.4 Å². The Morgan fingerprint density at radius 2 is 2.24 bits per heavy atom. The first-order valence-electron chi connectivity index (χ1n) is 6.69. The van der Waals surface area contributed by atoms with Gasteiger partial charge in [-0.15, -0.1) is 0 Å². The van der Waals surface area contributed by atoms with Gasteiger partial charge >= 0.3 is 0 Å². The van der Waals surface area contributed by atoms with E-state index in [4.69, 9.17) is 5.11 Å². The Hall–Kier alpha value is -2.18. The summed E-state index contributed by atoms with van der Waals surface area (Å²) in [6.45, 7) is 1.56. The third kappa shape index (κ3) is 3.68. The van der Waals surface area contributed by atoms with Gasteiger partial charge in [0, 0.05) is 30.9 Å². The summed E-state index contributed by atoms with van der Waals surface area (Å²) in [6, 6.07) is 7.21. The van der Waals surface area contributed by atoms with Gasteiger partial charge in [0.15, 0.2) is 0 Å². The molecule has 0 aliphatic heterocycles. The lowest BCUT2D eigenvalue weighted by Gasteiger charge is -2.09. The van der Waals surface area contributed by atoms with Gasteiger partial charge in [-0.2, -0.15) is 5.10 Å². The summed E-state index contributed by atoms with van der Waals surface area (Å²) in [6.07, 6.45) is 0.958. The first-order chi connectivity index (χ1) is 10.0. The number of nitrogens with one attached hydrogen (secondary N) is 1. The van der Waals surface area contributed by atoms with Crippen LogP contribution in [0.15, 0.2) is 30.5 Å². The number of hydrogen-bond donors (Lipinski definition) is 3. The molecule has 0 aliphatic rings. The normalized spacial score (nSPS) is 12.2. The molecular weight excluding hydrogens is 270 g/mol. The average molecular weight is 289 g/mol. The van der Waals surface area contributed by atoms with E-state index in [0.717, 1.165) is 16.8 Å². The van der Waals surface area contributed by atoms with E-state index in [-0.39, 0.29) is 19.1 Å². The highest BCUT2D eigenvalue weighted by Gasteiger charge is 2.11. The number of aryl methyl sites for hydroxylation is 2. The molecule has 0 saturated heterocycles. The Morgan fingerprint density at radius 1 is 1.48 bits per heavy atom. The topological polar surface area (TPSA) is 87.4 Å². The molecule has 1 atom stereocenters. The molecule has 0 unspecified atom stereocenters. The van der Waals surface area contributed by atoms with E-state index in [2.05, 4.69) is 10.4 Å². The number of amides is 1. The minimum absolute atomic E-state index is 0.0193. The van der Waals surface area contributed by atoms with Crippen molar-refractivity contribution in [3.8, 4) is 11.1 Å². The molecule has 6 nitrogen and oxygen atoms in total. The number of hydrogen-bond acceptors (Lipinski definition) is 4. The van der Waals surface area contributed by atoms with Gasteiger partial charge < -0.3 is 15.5 Å². The molecule has 21 heavy (non-hydrogen) atoms. The van der Waals surface area contributed by atoms with Crippen LogP contribution in [0.5, 0.6) is 0 Å². The van der Waals surface area contributed by atoms with E-state index in [9.17, 15) is 9.90 Å². The highest BCUT2D eigenvalue weighted by molar-refractivity contribution is 5.95. The fourth-order valence-corrected chi connectivity index (χ4v) is 2.09. The van der Waals surface area contributed by atoms with Crippen molar-refractivity contribution in [1.29, 1.82) is 0 Å². The summed E-state index contributed by atoms with van der Waals surface area (Å²) in [5.41, 5.74) is 3.28. The first kappa shape index (κ1) is 15.2. The van der Waals surface area contributed by atoms with Crippen LogP contribution in [0.25, 0.3) is 11.1 Å². The predicted octanol–water partition coefficient (Wildman–Crippen LogP) is 0.479. The number of carbonyl (C=O) groups excluding carboxylic acids is 1. The summed E-state index contributed by atoms with van der Waals surface area (Å²) in [7, 11) is 1.85. The van der Waals surface area contributed by atoms with Crippen molar-refractivity contribution in [2.45, 2.75) is 13.0 Å². The van der Waals surface area contributed by atoms with Crippen LogP contribution in [-0.4, -0.2) is 45.2 Å². The number of benzene rings is 1. The van der Waals surface area contributed by atoms with Crippen molar-refractivity contribution < 1.29 is 15.0 Å². The Balaban J connectivity index is 2.18. The summed E-state index contributed by atoms with van der Waals surface area (Å²) < 4.78 is 1.73. The molecule has 0 spiro atoms.